The topological polar surface area (TPSA) is 35.5 Å². The van der Waals surface area contributed by atoms with Crippen molar-refractivity contribution in [3.63, 3.8) is 0 Å². The van der Waals surface area contributed by atoms with Gasteiger partial charge in [-0.25, -0.2) is 0 Å². The van der Waals surface area contributed by atoms with Gasteiger partial charge in [0.1, 0.15) is 11.9 Å². The first-order chi connectivity index (χ1) is 11.5. The van der Waals surface area contributed by atoms with Crippen molar-refractivity contribution in [1.82, 2.24) is 0 Å². The average Bonchev–Trinajstić information content (AvgIpc) is 2.90. The van der Waals surface area contributed by atoms with Gasteiger partial charge in [0.15, 0.2) is 0 Å². The van der Waals surface area contributed by atoms with E-state index in [2.05, 4.69) is 25.1 Å². The number of carbonyl (C=O) groups excluding carboxylic acids is 1. The second kappa shape index (κ2) is 5.79. The van der Waals surface area contributed by atoms with E-state index in [0.29, 0.717) is 11.8 Å². The highest BCUT2D eigenvalue weighted by atomic mass is 16.5. The molecule has 2 saturated carbocycles. The Bertz CT molecular complexity index is 652. The lowest BCUT2D eigenvalue weighted by Crippen LogP contribution is -2.45. The molecule has 2 fully saturated rings. The van der Waals surface area contributed by atoms with E-state index in [1.54, 1.807) is 19.6 Å². The molecule has 0 saturated heterocycles. The molecular formula is C21H28O3. The number of hydrogen-bond donors (Lipinski definition) is 0. The lowest BCUT2D eigenvalue weighted by atomic mass is 9.56. The van der Waals surface area contributed by atoms with Crippen molar-refractivity contribution in [2.75, 3.05) is 7.11 Å². The zero-order valence-electron chi connectivity index (χ0n) is 15.0. The second-order valence-corrected chi connectivity index (χ2v) is 8.20. The molecule has 24 heavy (non-hydrogen) atoms. The Hall–Kier alpha value is -1.51. The minimum Gasteiger partial charge on any atom is -0.497 e. The Kier molecular flexibility index (Phi) is 3.85. The molecule has 4 rings (SSSR count). The fourth-order valence-corrected chi connectivity index (χ4v) is 6.03. The van der Waals surface area contributed by atoms with Crippen LogP contribution in [0.15, 0.2) is 18.2 Å². The molecule has 0 amide bonds. The fourth-order valence-electron chi connectivity index (χ4n) is 6.03. The monoisotopic (exact) mass is 330 g/mol. The maximum Gasteiger partial charge on any atom is 0.302 e. The third-order valence-corrected chi connectivity index (χ3v) is 7.15. The summed E-state index contributed by atoms with van der Waals surface area (Å²) in [5, 5.41) is 0. The molecule has 0 N–H and O–H groups in total. The van der Waals surface area contributed by atoms with E-state index in [-0.39, 0.29) is 17.5 Å². The van der Waals surface area contributed by atoms with Gasteiger partial charge in [0, 0.05) is 12.3 Å². The lowest BCUT2D eigenvalue weighted by molar-refractivity contribution is -0.154. The minimum atomic E-state index is -0.120. The normalized spacial score (nSPS) is 37.1. The highest BCUT2D eigenvalue weighted by Crippen LogP contribution is 2.61. The van der Waals surface area contributed by atoms with Crippen LogP contribution >= 0.6 is 0 Å². The zero-order valence-corrected chi connectivity index (χ0v) is 15.0. The summed E-state index contributed by atoms with van der Waals surface area (Å²) < 4.78 is 11.1. The molecule has 0 aromatic heterocycles. The first-order valence-corrected chi connectivity index (χ1v) is 9.37. The molecule has 1 aromatic rings. The third kappa shape index (κ3) is 2.35. The summed E-state index contributed by atoms with van der Waals surface area (Å²) in [5.41, 5.74) is 3.20. The van der Waals surface area contributed by atoms with E-state index in [1.165, 1.54) is 31.2 Å². The molecule has 0 radical (unpaired) electrons. The molecular weight excluding hydrogens is 302 g/mol. The predicted molar refractivity (Wildman–Crippen MR) is 93.2 cm³/mol. The number of esters is 1. The molecule has 0 unspecified atom stereocenters. The van der Waals surface area contributed by atoms with Crippen LogP contribution in [0.2, 0.25) is 0 Å². The summed E-state index contributed by atoms with van der Waals surface area (Å²) in [4.78, 5) is 11.5. The Morgan fingerprint density at radius 3 is 2.83 bits per heavy atom. The van der Waals surface area contributed by atoms with Crippen LogP contribution < -0.4 is 4.74 Å². The van der Waals surface area contributed by atoms with Crippen molar-refractivity contribution in [3.05, 3.63) is 29.3 Å². The standard InChI is InChI=1S/C21H28O3/c1-13(22)24-20-9-8-19-18-6-4-14-12-15(23-3)5-7-16(14)17(18)10-11-21(19,20)2/h5,7,12,17-20H,4,6,8-11H2,1-3H3/t17-,18-,19+,20-,21+/m1/s1/i12+2. The van der Waals surface area contributed by atoms with Gasteiger partial charge >= 0.3 is 5.97 Å². The van der Waals surface area contributed by atoms with Gasteiger partial charge in [0.2, 0.25) is 0 Å². The van der Waals surface area contributed by atoms with Gasteiger partial charge in [-0.15, -0.1) is 0 Å². The first-order valence-electron chi connectivity index (χ1n) is 9.37. The molecule has 3 nitrogen and oxygen atoms in total. The van der Waals surface area contributed by atoms with Gasteiger partial charge in [-0.05, 0) is 79.5 Å². The van der Waals surface area contributed by atoms with E-state index in [0.717, 1.165) is 24.5 Å². The van der Waals surface area contributed by atoms with Gasteiger partial charge in [-0.2, -0.15) is 0 Å². The van der Waals surface area contributed by atoms with Gasteiger partial charge in [0.05, 0.1) is 7.11 Å². The Morgan fingerprint density at radius 2 is 2.08 bits per heavy atom. The molecule has 0 spiro atoms. The molecule has 130 valence electrons. The third-order valence-electron chi connectivity index (χ3n) is 7.15. The van der Waals surface area contributed by atoms with Crippen molar-refractivity contribution in [3.8, 4) is 5.75 Å². The van der Waals surface area contributed by atoms with Crippen LogP contribution in [-0.4, -0.2) is 19.2 Å². The zero-order chi connectivity index (χ0) is 16.9. The Morgan fingerprint density at radius 1 is 1.25 bits per heavy atom. The van der Waals surface area contributed by atoms with E-state index < -0.39 is 0 Å². The van der Waals surface area contributed by atoms with Crippen molar-refractivity contribution in [1.29, 1.82) is 0 Å². The Labute approximate surface area is 144 Å². The number of benzene rings is 1. The van der Waals surface area contributed by atoms with E-state index >= 15 is 0 Å². The number of rotatable bonds is 2. The molecule has 3 heteroatoms. The average molecular weight is 330 g/mol. The maximum atomic E-state index is 11.5. The van der Waals surface area contributed by atoms with Gasteiger partial charge < -0.3 is 9.47 Å². The maximum absolute atomic E-state index is 11.5. The predicted octanol–water partition coefficient (Wildman–Crippen LogP) is 4.48. The summed E-state index contributed by atoms with van der Waals surface area (Å²) in [6.45, 7) is 3.92. The molecule has 1 aromatic carbocycles. The van der Waals surface area contributed by atoms with Crippen LogP contribution in [0.4, 0.5) is 0 Å². The van der Waals surface area contributed by atoms with E-state index in [9.17, 15) is 4.79 Å². The van der Waals surface area contributed by atoms with Crippen LogP contribution in [0.25, 0.3) is 0 Å². The summed E-state index contributed by atoms with van der Waals surface area (Å²) >= 11 is 0. The summed E-state index contributed by atoms with van der Waals surface area (Å²) in [7, 11) is 1.74. The van der Waals surface area contributed by atoms with Crippen molar-refractivity contribution < 1.29 is 14.3 Å². The molecule has 0 bridgehead atoms. The number of methoxy groups -OCH3 is 1. The van der Waals surface area contributed by atoms with Crippen LogP contribution in [-0.2, 0) is 16.0 Å². The van der Waals surface area contributed by atoms with Crippen molar-refractivity contribution in [2.45, 2.75) is 64.4 Å². The van der Waals surface area contributed by atoms with Gasteiger partial charge in [0.25, 0.3) is 0 Å². The van der Waals surface area contributed by atoms with E-state index in [4.69, 9.17) is 9.47 Å². The number of ether oxygens (including phenoxy) is 2. The fraction of sp³-hybridized carbons (Fsp3) is 0.667. The molecule has 0 aliphatic heterocycles. The SMILES string of the molecule is COc1ccc2c([14cH]1)CC[C@@H]1[C@@H]2CC[C@]2(C)[C@H](OC(C)=O)CC[C@@H]12. The van der Waals surface area contributed by atoms with E-state index in [1.807, 2.05) is 0 Å². The first kappa shape index (κ1) is 16.0. The summed E-state index contributed by atoms with van der Waals surface area (Å²) in [6, 6.07) is 6.65. The molecule has 5 atom stereocenters. The molecule has 0 heterocycles. The minimum absolute atomic E-state index is 0.120. The number of carbonyl (C=O) groups is 1. The summed E-state index contributed by atoms with van der Waals surface area (Å²) in [6.07, 6.45) is 7.17. The Balaban J connectivity index is 1.62. The van der Waals surface area contributed by atoms with Crippen LogP contribution in [0.5, 0.6) is 5.75 Å². The van der Waals surface area contributed by atoms with Crippen molar-refractivity contribution in [2.24, 2.45) is 17.3 Å². The van der Waals surface area contributed by atoms with Gasteiger partial charge in [-0.3, -0.25) is 4.79 Å². The van der Waals surface area contributed by atoms with Gasteiger partial charge in [-0.1, -0.05) is 13.0 Å². The number of hydrogen-bond acceptors (Lipinski definition) is 3. The molecule has 3 aliphatic rings. The highest BCUT2D eigenvalue weighted by Gasteiger charge is 2.56. The number of aryl methyl sites for hydroxylation is 1. The van der Waals surface area contributed by atoms with Crippen LogP contribution in [0.1, 0.15) is 63.0 Å². The highest BCUT2D eigenvalue weighted by molar-refractivity contribution is 5.66. The largest absolute Gasteiger partial charge is 0.497 e. The lowest BCUT2D eigenvalue weighted by Gasteiger charge is -2.50. The van der Waals surface area contributed by atoms with Crippen molar-refractivity contribution >= 4 is 5.97 Å². The second-order valence-electron chi connectivity index (χ2n) is 8.20. The van der Waals surface area contributed by atoms with Crippen LogP contribution in [0, 0.1) is 17.3 Å². The molecule has 3 aliphatic carbocycles. The number of fused-ring (bicyclic) bond motifs is 5. The summed E-state index contributed by atoms with van der Waals surface area (Å²) in [5.74, 6) is 2.96. The quantitative estimate of drug-likeness (QED) is 0.750. The van der Waals surface area contributed by atoms with Crippen LogP contribution in [0.3, 0.4) is 0 Å². The smallest absolute Gasteiger partial charge is 0.302 e.